The molecule has 1 saturated heterocycles. The van der Waals surface area contributed by atoms with Crippen LogP contribution in [0, 0.1) is 0 Å². The van der Waals surface area contributed by atoms with E-state index >= 15 is 0 Å². The zero-order valence-corrected chi connectivity index (χ0v) is 10.1. The van der Waals surface area contributed by atoms with Crippen molar-refractivity contribution in [3.8, 4) is 0 Å². The molecule has 1 unspecified atom stereocenters. The molecule has 0 spiro atoms. The molecule has 0 amide bonds. The smallest absolute Gasteiger partial charge is 0.338 e. The van der Waals surface area contributed by atoms with Crippen LogP contribution in [0.15, 0.2) is 0 Å². The third-order valence-corrected chi connectivity index (χ3v) is 2.10. The van der Waals surface area contributed by atoms with E-state index in [1.807, 2.05) is 0 Å². The molecule has 0 radical (unpaired) electrons. The van der Waals surface area contributed by atoms with Crippen LogP contribution in [0.4, 0.5) is 0 Å². The molecule has 0 aromatic rings. The molecule has 0 aromatic carbocycles. The summed E-state index contributed by atoms with van der Waals surface area (Å²) < 4.78 is 14.7. The van der Waals surface area contributed by atoms with Crippen molar-refractivity contribution in [2.75, 3.05) is 6.61 Å². The second-order valence-corrected chi connectivity index (χ2v) is 4.15. The Bertz CT molecular complexity index is 333. The molecule has 0 aromatic heterocycles. The van der Waals surface area contributed by atoms with E-state index in [2.05, 4.69) is 4.74 Å². The Kier molecular flexibility index (Phi) is 4.22. The molecule has 1 aliphatic heterocycles. The molecule has 1 rings (SSSR count). The van der Waals surface area contributed by atoms with Crippen molar-refractivity contribution >= 4 is 17.7 Å². The molecule has 0 aliphatic carbocycles. The van der Waals surface area contributed by atoms with Crippen molar-refractivity contribution < 1.29 is 28.6 Å². The van der Waals surface area contributed by atoms with E-state index in [1.54, 1.807) is 20.8 Å². The van der Waals surface area contributed by atoms with Crippen LogP contribution in [0.2, 0.25) is 0 Å². The fourth-order valence-electron chi connectivity index (χ4n) is 1.50. The highest BCUT2D eigenvalue weighted by Gasteiger charge is 2.41. The van der Waals surface area contributed by atoms with Crippen molar-refractivity contribution in [2.24, 2.45) is 0 Å². The predicted molar refractivity (Wildman–Crippen MR) is 55.9 cm³/mol. The Morgan fingerprint density at radius 2 is 2.06 bits per heavy atom. The first-order valence-corrected chi connectivity index (χ1v) is 5.42. The van der Waals surface area contributed by atoms with E-state index in [-0.39, 0.29) is 19.4 Å². The van der Waals surface area contributed by atoms with Crippen LogP contribution in [-0.4, -0.2) is 36.2 Å². The summed E-state index contributed by atoms with van der Waals surface area (Å²) in [5.74, 6) is -2.58. The van der Waals surface area contributed by atoms with Gasteiger partial charge in [0.2, 0.25) is 5.79 Å². The van der Waals surface area contributed by atoms with Crippen LogP contribution >= 0.6 is 0 Å². The average Bonchev–Trinajstić information content (AvgIpc) is 2.39. The molecule has 96 valence electrons. The van der Waals surface area contributed by atoms with E-state index in [9.17, 15) is 14.4 Å². The predicted octanol–water partition coefficient (Wildman–Crippen LogP) is 0.577. The standard InChI is InChI=1S/C11H16O6/c1-4-15-9(13)6-7(12)5-8-10(14)17-11(2,3)16-8/h8H,4-6H2,1-3H3. The van der Waals surface area contributed by atoms with Crippen molar-refractivity contribution in [3.63, 3.8) is 0 Å². The summed E-state index contributed by atoms with van der Waals surface area (Å²) >= 11 is 0. The molecular formula is C11H16O6. The number of carbonyl (C=O) groups excluding carboxylic acids is 3. The number of cyclic esters (lactones) is 1. The van der Waals surface area contributed by atoms with Crippen LogP contribution in [0.25, 0.3) is 0 Å². The number of Topliss-reactive ketones (excluding diaryl/α,β-unsaturated/α-hetero) is 1. The SMILES string of the molecule is CCOC(=O)CC(=O)CC1OC(C)(C)OC1=O. The van der Waals surface area contributed by atoms with E-state index in [4.69, 9.17) is 9.47 Å². The molecule has 6 nitrogen and oxygen atoms in total. The maximum absolute atomic E-state index is 11.5. The van der Waals surface area contributed by atoms with Gasteiger partial charge in [0.1, 0.15) is 12.2 Å². The fraction of sp³-hybridized carbons (Fsp3) is 0.727. The van der Waals surface area contributed by atoms with Gasteiger partial charge in [0.25, 0.3) is 0 Å². The molecule has 0 N–H and O–H groups in total. The van der Waals surface area contributed by atoms with E-state index < -0.39 is 29.6 Å². The van der Waals surface area contributed by atoms with Gasteiger partial charge in [0.15, 0.2) is 6.10 Å². The third-order valence-electron chi connectivity index (χ3n) is 2.10. The summed E-state index contributed by atoms with van der Waals surface area (Å²) in [6.07, 6.45) is -1.44. The van der Waals surface area contributed by atoms with Gasteiger partial charge in [-0.3, -0.25) is 9.59 Å². The molecule has 17 heavy (non-hydrogen) atoms. The number of carbonyl (C=O) groups is 3. The molecule has 0 bridgehead atoms. The number of esters is 2. The summed E-state index contributed by atoms with van der Waals surface area (Å²) in [4.78, 5) is 33.8. The van der Waals surface area contributed by atoms with E-state index in [1.165, 1.54) is 0 Å². The van der Waals surface area contributed by atoms with Gasteiger partial charge >= 0.3 is 11.9 Å². The van der Waals surface area contributed by atoms with Crippen LogP contribution < -0.4 is 0 Å². The summed E-state index contributed by atoms with van der Waals surface area (Å²) in [5, 5.41) is 0. The van der Waals surface area contributed by atoms with Gasteiger partial charge in [-0.25, -0.2) is 4.79 Å². The first-order valence-electron chi connectivity index (χ1n) is 5.42. The van der Waals surface area contributed by atoms with Crippen molar-refractivity contribution in [1.82, 2.24) is 0 Å². The normalized spacial score (nSPS) is 22.1. The number of ketones is 1. The number of hydrogen-bond acceptors (Lipinski definition) is 6. The second kappa shape index (κ2) is 5.27. The fourth-order valence-corrected chi connectivity index (χ4v) is 1.50. The van der Waals surface area contributed by atoms with Gasteiger partial charge in [-0.15, -0.1) is 0 Å². The lowest BCUT2D eigenvalue weighted by Gasteiger charge is -2.14. The molecule has 1 atom stereocenters. The van der Waals surface area contributed by atoms with Gasteiger partial charge in [0, 0.05) is 20.3 Å². The number of rotatable bonds is 5. The molecule has 6 heteroatoms. The molecule has 1 fully saturated rings. The Balaban J connectivity index is 2.42. The third kappa shape index (κ3) is 4.14. The van der Waals surface area contributed by atoms with E-state index in [0.717, 1.165) is 0 Å². The Hall–Kier alpha value is -1.43. The Morgan fingerprint density at radius 1 is 1.41 bits per heavy atom. The van der Waals surface area contributed by atoms with Crippen LogP contribution in [0.1, 0.15) is 33.6 Å². The average molecular weight is 244 g/mol. The van der Waals surface area contributed by atoms with Gasteiger partial charge in [-0.1, -0.05) is 0 Å². The second-order valence-electron chi connectivity index (χ2n) is 4.15. The van der Waals surface area contributed by atoms with Gasteiger partial charge < -0.3 is 14.2 Å². The lowest BCUT2D eigenvalue weighted by atomic mass is 10.1. The zero-order valence-electron chi connectivity index (χ0n) is 10.1. The molecule has 0 saturated carbocycles. The van der Waals surface area contributed by atoms with E-state index in [0.29, 0.717) is 0 Å². The molecule has 1 heterocycles. The van der Waals surface area contributed by atoms with Crippen molar-refractivity contribution in [1.29, 1.82) is 0 Å². The quantitative estimate of drug-likeness (QED) is 0.520. The van der Waals surface area contributed by atoms with Crippen LogP contribution in [-0.2, 0) is 28.6 Å². The van der Waals surface area contributed by atoms with Gasteiger partial charge in [0.05, 0.1) is 6.61 Å². The Morgan fingerprint density at radius 3 is 2.53 bits per heavy atom. The summed E-state index contributed by atoms with van der Waals surface area (Å²) in [6.45, 7) is 5.05. The number of hydrogen-bond donors (Lipinski definition) is 0. The van der Waals surface area contributed by atoms with Crippen LogP contribution in [0.5, 0.6) is 0 Å². The van der Waals surface area contributed by atoms with Crippen molar-refractivity contribution in [3.05, 3.63) is 0 Å². The lowest BCUT2D eigenvalue weighted by Crippen LogP contribution is -2.24. The molecule has 1 aliphatic rings. The topological polar surface area (TPSA) is 78.9 Å². The highest BCUT2D eigenvalue weighted by molar-refractivity contribution is 5.97. The monoisotopic (exact) mass is 244 g/mol. The highest BCUT2D eigenvalue weighted by Crippen LogP contribution is 2.25. The maximum Gasteiger partial charge on any atom is 0.338 e. The minimum absolute atomic E-state index is 0.166. The number of ether oxygens (including phenoxy) is 3. The van der Waals surface area contributed by atoms with Crippen LogP contribution in [0.3, 0.4) is 0 Å². The first-order chi connectivity index (χ1) is 7.84. The highest BCUT2D eigenvalue weighted by atomic mass is 16.8. The van der Waals surface area contributed by atoms with Gasteiger partial charge in [-0.2, -0.15) is 0 Å². The Labute approximate surface area is 99.2 Å². The largest absolute Gasteiger partial charge is 0.466 e. The zero-order chi connectivity index (χ0) is 13.1. The summed E-state index contributed by atoms with van der Waals surface area (Å²) in [5.41, 5.74) is 0. The molecular weight excluding hydrogens is 228 g/mol. The first kappa shape index (κ1) is 13.6. The minimum Gasteiger partial charge on any atom is -0.466 e. The lowest BCUT2D eigenvalue weighted by molar-refractivity contribution is -0.160. The summed E-state index contributed by atoms with van der Waals surface area (Å²) in [7, 11) is 0. The van der Waals surface area contributed by atoms with Crippen molar-refractivity contribution in [2.45, 2.75) is 45.5 Å². The summed E-state index contributed by atoms with van der Waals surface area (Å²) in [6, 6.07) is 0. The maximum atomic E-state index is 11.5. The van der Waals surface area contributed by atoms with Gasteiger partial charge in [-0.05, 0) is 6.92 Å². The minimum atomic E-state index is -1.01.